The van der Waals surface area contributed by atoms with Gasteiger partial charge in [-0.1, -0.05) is 6.92 Å². The minimum Gasteiger partial charge on any atom is -0.394 e. The van der Waals surface area contributed by atoms with Gasteiger partial charge in [0.1, 0.15) is 30.6 Å². The van der Waals surface area contributed by atoms with Crippen molar-refractivity contribution in [2.75, 3.05) is 6.61 Å². The molecule has 7 heteroatoms. The van der Waals surface area contributed by atoms with Crippen LogP contribution >= 0.6 is 0 Å². The highest BCUT2D eigenvalue weighted by atomic mass is 16.4. The van der Waals surface area contributed by atoms with E-state index < -0.39 is 36.9 Å². The van der Waals surface area contributed by atoms with Crippen molar-refractivity contribution in [1.29, 1.82) is 0 Å². The van der Waals surface area contributed by atoms with Gasteiger partial charge in [0.25, 0.3) is 0 Å². The molecule has 16 heavy (non-hydrogen) atoms. The molecule has 0 aliphatic rings. The fraction of sp³-hybridized carbons (Fsp3) is 0.778. The smallest absolute Gasteiger partial charge is 0.220 e. The highest BCUT2D eigenvalue weighted by Gasteiger charge is 2.31. The monoisotopic (exact) mass is 235 g/mol. The Morgan fingerprint density at radius 2 is 1.88 bits per heavy atom. The summed E-state index contributed by atoms with van der Waals surface area (Å²) in [6.45, 7) is 0.800. The zero-order valence-corrected chi connectivity index (χ0v) is 8.91. The summed E-state index contributed by atoms with van der Waals surface area (Å²) in [5, 5.41) is 38.5. The lowest BCUT2D eigenvalue weighted by molar-refractivity contribution is -0.130. The Kier molecular flexibility index (Phi) is 6.82. The van der Waals surface area contributed by atoms with E-state index in [0.29, 0.717) is 0 Å². The maximum atomic E-state index is 11.0. The van der Waals surface area contributed by atoms with Crippen LogP contribution in [0.25, 0.3) is 0 Å². The number of rotatable bonds is 7. The summed E-state index contributed by atoms with van der Waals surface area (Å²) < 4.78 is 0. The van der Waals surface area contributed by atoms with Gasteiger partial charge in [-0.05, 0) is 0 Å². The SMILES string of the molecule is CCC(=O)N[C@@H](C=O)[C@@H](O)[C@@H](O)[C@H](O)CO. The van der Waals surface area contributed by atoms with Crippen LogP contribution in [0.1, 0.15) is 13.3 Å². The van der Waals surface area contributed by atoms with Gasteiger partial charge in [-0.15, -0.1) is 0 Å². The number of amides is 1. The van der Waals surface area contributed by atoms with Gasteiger partial charge in [0.05, 0.1) is 6.61 Å². The van der Waals surface area contributed by atoms with Crippen LogP contribution in [0.2, 0.25) is 0 Å². The Hall–Kier alpha value is -1.02. The average Bonchev–Trinajstić information content (AvgIpc) is 2.32. The molecule has 0 saturated heterocycles. The minimum absolute atomic E-state index is 0.121. The van der Waals surface area contributed by atoms with Crippen molar-refractivity contribution in [3.63, 3.8) is 0 Å². The fourth-order valence-electron chi connectivity index (χ4n) is 1.04. The van der Waals surface area contributed by atoms with Gasteiger partial charge in [0.15, 0.2) is 0 Å². The molecular formula is C9H17NO6. The normalized spacial score (nSPS) is 18.3. The van der Waals surface area contributed by atoms with Crippen molar-refractivity contribution >= 4 is 12.2 Å². The third-order valence-corrected chi connectivity index (χ3v) is 2.09. The first-order valence-corrected chi connectivity index (χ1v) is 4.87. The van der Waals surface area contributed by atoms with E-state index in [0.717, 1.165) is 0 Å². The topological polar surface area (TPSA) is 127 Å². The summed E-state index contributed by atoms with van der Waals surface area (Å²) in [4.78, 5) is 21.6. The number of aliphatic hydroxyl groups excluding tert-OH is 4. The quantitative estimate of drug-likeness (QED) is 0.302. The molecule has 0 fully saturated rings. The number of aliphatic hydroxyl groups is 4. The van der Waals surface area contributed by atoms with Gasteiger partial charge in [-0.3, -0.25) is 4.79 Å². The molecule has 0 unspecified atom stereocenters. The first-order valence-electron chi connectivity index (χ1n) is 4.87. The Labute approximate surface area is 92.7 Å². The Morgan fingerprint density at radius 3 is 2.25 bits per heavy atom. The maximum Gasteiger partial charge on any atom is 0.220 e. The molecule has 0 aromatic rings. The molecule has 0 bridgehead atoms. The predicted molar refractivity (Wildman–Crippen MR) is 53.4 cm³/mol. The summed E-state index contributed by atoms with van der Waals surface area (Å²) >= 11 is 0. The summed E-state index contributed by atoms with van der Waals surface area (Å²) in [5.74, 6) is -0.471. The largest absolute Gasteiger partial charge is 0.394 e. The van der Waals surface area contributed by atoms with Crippen LogP contribution < -0.4 is 5.32 Å². The molecule has 0 saturated carbocycles. The molecule has 0 aliphatic heterocycles. The van der Waals surface area contributed by atoms with Gasteiger partial charge in [0.2, 0.25) is 5.91 Å². The van der Waals surface area contributed by atoms with E-state index in [1.165, 1.54) is 0 Å². The predicted octanol–water partition coefficient (Wildman–Crippen LogP) is -2.84. The number of hydrogen-bond acceptors (Lipinski definition) is 6. The molecule has 4 atom stereocenters. The lowest BCUT2D eigenvalue weighted by Gasteiger charge is -2.26. The van der Waals surface area contributed by atoms with Crippen LogP contribution in [-0.2, 0) is 9.59 Å². The van der Waals surface area contributed by atoms with E-state index in [2.05, 4.69) is 5.32 Å². The number of carbonyl (C=O) groups excluding carboxylic acids is 2. The summed E-state index contributed by atoms with van der Waals surface area (Å²) in [5.41, 5.74) is 0. The third-order valence-electron chi connectivity index (χ3n) is 2.09. The average molecular weight is 235 g/mol. The number of hydrogen-bond donors (Lipinski definition) is 5. The molecule has 0 heterocycles. The van der Waals surface area contributed by atoms with E-state index in [1.54, 1.807) is 6.92 Å². The van der Waals surface area contributed by atoms with Crippen LogP contribution in [0.5, 0.6) is 0 Å². The van der Waals surface area contributed by atoms with Gasteiger partial charge >= 0.3 is 0 Å². The van der Waals surface area contributed by atoms with E-state index >= 15 is 0 Å². The molecule has 0 aliphatic carbocycles. The second kappa shape index (κ2) is 7.29. The van der Waals surface area contributed by atoms with Crippen LogP contribution in [0.3, 0.4) is 0 Å². The summed E-state index contributed by atoms with van der Waals surface area (Å²) in [6, 6.07) is -1.32. The number of aldehydes is 1. The van der Waals surface area contributed by atoms with Crippen molar-refractivity contribution in [2.45, 2.75) is 37.7 Å². The summed E-state index contributed by atoms with van der Waals surface area (Å²) in [7, 11) is 0. The highest BCUT2D eigenvalue weighted by molar-refractivity contribution is 5.79. The second-order valence-electron chi connectivity index (χ2n) is 3.31. The van der Waals surface area contributed by atoms with Gasteiger partial charge in [-0.2, -0.15) is 0 Å². The molecule has 94 valence electrons. The lowest BCUT2D eigenvalue weighted by Crippen LogP contribution is -2.53. The van der Waals surface area contributed by atoms with Gasteiger partial charge in [-0.25, -0.2) is 0 Å². The number of carbonyl (C=O) groups is 2. The van der Waals surface area contributed by atoms with Crippen molar-refractivity contribution < 1.29 is 30.0 Å². The first kappa shape index (κ1) is 15.0. The maximum absolute atomic E-state index is 11.0. The minimum atomic E-state index is -1.71. The first-order chi connectivity index (χ1) is 7.47. The molecular weight excluding hydrogens is 218 g/mol. The Morgan fingerprint density at radius 1 is 1.31 bits per heavy atom. The Bertz CT molecular complexity index is 234. The van der Waals surface area contributed by atoms with Crippen molar-refractivity contribution in [3.05, 3.63) is 0 Å². The van der Waals surface area contributed by atoms with Crippen LogP contribution in [0.15, 0.2) is 0 Å². The standard InChI is InChI=1S/C9H17NO6/c1-2-7(14)10-5(3-11)8(15)9(16)6(13)4-12/h3,5-6,8-9,12-13,15-16H,2,4H2,1H3,(H,10,14)/t5-,6+,8+,9-/m0/s1. The van der Waals surface area contributed by atoms with Crippen molar-refractivity contribution in [1.82, 2.24) is 5.32 Å². The third kappa shape index (κ3) is 4.23. The lowest BCUT2D eigenvalue weighted by atomic mass is 10.0. The zero-order chi connectivity index (χ0) is 12.7. The van der Waals surface area contributed by atoms with E-state index in [1.807, 2.05) is 0 Å². The molecule has 0 spiro atoms. The van der Waals surface area contributed by atoms with Crippen molar-refractivity contribution in [3.8, 4) is 0 Å². The molecule has 1 amide bonds. The van der Waals surface area contributed by atoms with Gasteiger partial charge < -0.3 is 30.5 Å². The van der Waals surface area contributed by atoms with Gasteiger partial charge in [0, 0.05) is 6.42 Å². The van der Waals surface area contributed by atoms with E-state index in [-0.39, 0.29) is 12.7 Å². The molecule has 5 N–H and O–H groups in total. The second-order valence-corrected chi connectivity index (χ2v) is 3.31. The van der Waals surface area contributed by atoms with Crippen LogP contribution in [-0.4, -0.2) is 63.6 Å². The Balaban J connectivity index is 4.45. The van der Waals surface area contributed by atoms with Crippen LogP contribution in [0, 0.1) is 0 Å². The highest BCUT2D eigenvalue weighted by Crippen LogP contribution is 2.04. The summed E-state index contributed by atoms with van der Waals surface area (Å²) in [6.07, 6.45) is -4.58. The van der Waals surface area contributed by atoms with Crippen LogP contribution in [0.4, 0.5) is 0 Å². The zero-order valence-electron chi connectivity index (χ0n) is 8.91. The molecule has 7 nitrogen and oxygen atoms in total. The molecule has 0 aromatic heterocycles. The number of nitrogens with one attached hydrogen (secondary N) is 1. The van der Waals surface area contributed by atoms with E-state index in [9.17, 15) is 19.8 Å². The molecule has 0 rings (SSSR count). The fourth-order valence-corrected chi connectivity index (χ4v) is 1.04. The molecule has 0 radical (unpaired) electrons. The molecule has 0 aromatic carbocycles. The van der Waals surface area contributed by atoms with Crippen molar-refractivity contribution in [2.24, 2.45) is 0 Å². The van der Waals surface area contributed by atoms with E-state index in [4.69, 9.17) is 10.2 Å².